The third kappa shape index (κ3) is 4.39. The minimum Gasteiger partial charge on any atom is -0.487 e. The first-order valence-electron chi connectivity index (χ1n) is 5.91. The van der Waals surface area contributed by atoms with Crippen LogP contribution >= 0.6 is 0 Å². The molecule has 0 saturated carbocycles. The Hall–Kier alpha value is -2.42. The molecule has 6 nitrogen and oxygen atoms in total. The van der Waals surface area contributed by atoms with Gasteiger partial charge in [0.1, 0.15) is 5.78 Å². The van der Waals surface area contributed by atoms with E-state index in [0.717, 1.165) is 0 Å². The summed E-state index contributed by atoms with van der Waals surface area (Å²) in [5, 5.41) is 19.5. The standard InChI is InChI=1S/C13H14N2O4/c1-2-11(16)4-3-7-19-13-6-5-10(9-14)8-12(13)15(17)18/h5-6,8H,2-4,7H2,1H3. The molecule has 0 aliphatic heterocycles. The number of hydrogen-bond acceptors (Lipinski definition) is 5. The average molecular weight is 262 g/mol. The SMILES string of the molecule is CCC(=O)CCCOc1ccc(C#N)cc1[N+](=O)[O-]. The Bertz CT molecular complexity index is 520. The van der Waals surface area contributed by atoms with Crippen LogP contribution in [0.4, 0.5) is 5.69 Å². The maximum absolute atomic E-state index is 11.1. The molecule has 100 valence electrons. The van der Waals surface area contributed by atoms with E-state index < -0.39 is 4.92 Å². The third-order valence-corrected chi connectivity index (χ3v) is 2.54. The topological polar surface area (TPSA) is 93.2 Å². The van der Waals surface area contributed by atoms with E-state index >= 15 is 0 Å². The van der Waals surface area contributed by atoms with Crippen molar-refractivity contribution in [3.05, 3.63) is 33.9 Å². The number of nitrogens with zero attached hydrogens (tertiary/aromatic N) is 2. The fourth-order valence-electron chi connectivity index (χ4n) is 1.48. The number of carbonyl (C=O) groups excluding carboxylic acids is 1. The summed E-state index contributed by atoms with van der Waals surface area (Å²) in [5.41, 5.74) is -0.0268. The molecule has 1 rings (SSSR count). The minimum atomic E-state index is -0.590. The minimum absolute atomic E-state index is 0.118. The van der Waals surface area contributed by atoms with Crippen molar-refractivity contribution < 1.29 is 14.5 Å². The van der Waals surface area contributed by atoms with Gasteiger partial charge in [0.05, 0.1) is 23.2 Å². The van der Waals surface area contributed by atoms with Gasteiger partial charge < -0.3 is 4.74 Å². The van der Waals surface area contributed by atoms with Crippen molar-refractivity contribution in [3.63, 3.8) is 0 Å². The second kappa shape index (κ2) is 7.11. The molecule has 0 heterocycles. The first-order chi connectivity index (χ1) is 9.08. The van der Waals surface area contributed by atoms with Crippen LogP contribution in [0.1, 0.15) is 31.7 Å². The van der Waals surface area contributed by atoms with Crippen LogP contribution in [0.2, 0.25) is 0 Å². The number of nitro groups is 1. The molecule has 0 aliphatic carbocycles. The fourth-order valence-corrected chi connectivity index (χ4v) is 1.48. The van der Waals surface area contributed by atoms with E-state index in [1.165, 1.54) is 18.2 Å². The van der Waals surface area contributed by atoms with Gasteiger partial charge >= 0.3 is 5.69 Å². The molecular weight excluding hydrogens is 248 g/mol. The highest BCUT2D eigenvalue weighted by Crippen LogP contribution is 2.27. The summed E-state index contributed by atoms with van der Waals surface area (Å²) >= 11 is 0. The molecule has 0 N–H and O–H groups in total. The van der Waals surface area contributed by atoms with Crippen molar-refractivity contribution in [2.75, 3.05) is 6.61 Å². The van der Waals surface area contributed by atoms with Crippen LogP contribution < -0.4 is 4.74 Å². The Labute approximate surface area is 110 Å². The summed E-state index contributed by atoms with van der Waals surface area (Å²) < 4.78 is 5.29. The highest BCUT2D eigenvalue weighted by atomic mass is 16.6. The van der Waals surface area contributed by atoms with Crippen LogP contribution in [0.25, 0.3) is 0 Å². The number of rotatable bonds is 7. The number of nitriles is 1. The monoisotopic (exact) mass is 262 g/mol. The lowest BCUT2D eigenvalue weighted by Crippen LogP contribution is -2.04. The van der Waals surface area contributed by atoms with Crippen molar-refractivity contribution >= 4 is 11.5 Å². The number of carbonyl (C=O) groups is 1. The zero-order valence-corrected chi connectivity index (χ0v) is 10.6. The lowest BCUT2D eigenvalue weighted by atomic mass is 10.2. The quantitative estimate of drug-likeness (QED) is 0.427. The van der Waals surface area contributed by atoms with E-state index in [-0.39, 0.29) is 29.4 Å². The summed E-state index contributed by atoms with van der Waals surface area (Å²) in [6.45, 7) is 2.02. The van der Waals surface area contributed by atoms with Crippen molar-refractivity contribution in [3.8, 4) is 11.8 Å². The molecule has 19 heavy (non-hydrogen) atoms. The van der Waals surface area contributed by atoms with Crippen LogP contribution in [0.15, 0.2) is 18.2 Å². The summed E-state index contributed by atoms with van der Waals surface area (Å²) in [6.07, 6.45) is 1.40. The molecule has 1 aromatic rings. The third-order valence-electron chi connectivity index (χ3n) is 2.54. The van der Waals surface area contributed by atoms with Gasteiger partial charge in [0, 0.05) is 18.9 Å². The lowest BCUT2D eigenvalue weighted by Gasteiger charge is -2.06. The average Bonchev–Trinajstić information content (AvgIpc) is 2.43. The molecule has 0 spiro atoms. The molecule has 0 radical (unpaired) electrons. The molecule has 0 fully saturated rings. The van der Waals surface area contributed by atoms with Gasteiger partial charge in [-0.15, -0.1) is 0 Å². The van der Waals surface area contributed by atoms with Gasteiger partial charge in [-0.1, -0.05) is 6.92 Å². The van der Waals surface area contributed by atoms with Gasteiger partial charge in [0.15, 0.2) is 5.75 Å². The number of nitro benzene ring substituents is 1. The first-order valence-corrected chi connectivity index (χ1v) is 5.91. The Balaban J connectivity index is 2.65. The van der Waals surface area contributed by atoms with Crippen LogP contribution in [0.3, 0.4) is 0 Å². The molecule has 0 amide bonds. The molecule has 0 bridgehead atoms. The number of ketones is 1. The first kappa shape index (κ1) is 14.6. The smallest absolute Gasteiger partial charge is 0.312 e. The number of ether oxygens (including phenoxy) is 1. The number of Topliss-reactive ketones (excluding diaryl/α,β-unsaturated/α-hetero) is 1. The van der Waals surface area contributed by atoms with E-state index in [1.54, 1.807) is 6.92 Å². The highest BCUT2D eigenvalue weighted by molar-refractivity contribution is 5.77. The van der Waals surface area contributed by atoms with Gasteiger partial charge in [-0.25, -0.2) is 0 Å². The summed E-state index contributed by atoms with van der Waals surface area (Å²) in [4.78, 5) is 21.3. The Kier molecular flexibility index (Phi) is 5.48. The van der Waals surface area contributed by atoms with Gasteiger partial charge in [-0.05, 0) is 18.6 Å². The molecule has 0 saturated heterocycles. The highest BCUT2D eigenvalue weighted by Gasteiger charge is 2.16. The summed E-state index contributed by atoms with van der Waals surface area (Å²) in [5.74, 6) is 0.255. The zero-order valence-electron chi connectivity index (χ0n) is 10.6. The van der Waals surface area contributed by atoms with E-state index in [1.807, 2.05) is 6.07 Å². The molecule has 0 aliphatic rings. The van der Waals surface area contributed by atoms with Crippen LogP contribution in [0, 0.1) is 21.4 Å². The van der Waals surface area contributed by atoms with E-state index in [4.69, 9.17) is 10.00 Å². The second-order valence-corrected chi connectivity index (χ2v) is 3.90. The van der Waals surface area contributed by atoms with Crippen molar-refractivity contribution in [1.29, 1.82) is 5.26 Å². The van der Waals surface area contributed by atoms with Gasteiger partial charge in [0.2, 0.25) is 0 Å². The van der Waals surface area contributed by atoms with Crippen molar-refractivity contribution in [2.45, 2.75) is 26.2 Å². The second-order valence-electron chi connectivity index (χ2n) is 3.90. The van der Waals surface area contributed by atoms with Gasteiger partial charge in [-0.3, -0.25) is 14.9 Å². The lowest BCUT2D eigenvalue weighted by molar-refractivity contribution is -0.385. The Morgan fingerprint density at radius 2 is 2.26 bits per heavy atom. The van der Waals surface area contributed by atoms with Gasteiger partial charge in [0.25, 0.3) is 0 Å². The van der Waals surface area contributed by atoms with Crippen molar-refractivity contribution in [1.82, 2.24) is 0 Å². The normalized spacial score (nSPS) is 9.68. The number of hydrogen-bond donors (Lipinski definition) is 0. The van der Waals surface area contributed by atoms with E-state index in [2.05, 4.69) is 0 Å². The molecule has 6 heteroatoms. The molecular formula is C13H14N2O4. The molecule has 0 unspecified atom stereocenters. The van der Waals surface area contributed by atoms with Crippen LogP contribution in [0.5, 0.6) is 5.75 Å². The molecule has 1 aromatic carbocycles. The van der Waals surface area contributed by atoms with Gasteiger partial charge in [-0.2, -0.15) is 5.26 Å². The largest absolute Gasteiger partial charge is 0.487 e. The summed E-state index contributed by atoms with van der Waals surface area (Å²) in [7, 11) is 0. The van der Waals surface area contributed by atoms with E-state index in [9.17, 15) is 14.9 Å². The Morgan fingerprint density at radius 1 is 1.53 bits per heavy atom. The molecule has 0 aromatic heterocycles. The van der Waals surface area contributed by atoms with Crippen LogP contribution in [-0.4, -0.2) is 17.3 Å². The predicted molar refractivity (Wildman–Crippen MR) is 67.8 cm³/mol. The fraction of sp³-hybridized carbons (Fsp3) is 0.385. The Morgan fingerprint density at radius 3 is 2.84 bits per heavy atom. The van der Waals surface area contributed by atoms with Crippen LogP contribution in [-0.2, 0) is 4.79 Å². The maximum atomic E-state index is 11.1. The molecule has 0 atom stereocenters. The number of benzene rings is 1. The maximum Gasteiger partial charge on any atom is 0.312 e. The van der Waals surface area contributed by atoms with E-state index in [0.29, 0.717) is 19.3 Å². The zero-order chi connectivity index (χ0) is 14.3. The van der Waals surface area contributed by atoms with Crippen molar-refractivity contribution in [2.24, 2.45) is 0 Å². The summed E-state index contributed by atoms with van der Waals surface area (Å²) in [6, 6.07) is 5.87. The predicted octanol–water partition coefficient (Wildman–Crippen LogP) is 2.60.